The molecule has 11 heteroatoms. The number of anilines is 1. The molecule has 3 aromatic heterocycles. The van der Waals surface area contributed by atoms with Crippen LogP contribution in [-0.2, 0) is 27.4 Å². The van der Waals surface area contributed by atoms with E-state index in [4.69, 9.17) is 9.15 Å². The number of thiophene rings is 1. The minimum Gasteiger partial charge on any atom is -0.455 e. The molecular formula is C16H13BrN4O4S2. The van der Waals surface area contributed by atoms with Crippen molar-refractivity contribution >= 4 is 55.6 Å². The van der Waals surface area contributed by atoms with Crippen molar-refractivity contribution in [1.82, 2.24) is 15.2 Å². The second-order valence-electron chi connectivity index (χ2n) is 5.71. The predicted octanol–water partition coefficient (Wildman–Crippen LogP) is 3.43. The first kappa shape index (κ1) is 18.3. The van der Waals surface area contributed by atoms with Gasteiger partial charge in [-0.3, -0.25) is 14.5 Å². The fraction of sp³-hybridized carbons (Fsp3) is 0.312. The Morgan fingerprint density at radius 3 is 3.00 bits per heavy atom. The molecule has 0 spiro atoms. The molecule has 1 saturated heterocycles. The van der Waals surface area contributed by atoms with E-state index in [1.165, 1.54) is 22.7 Å². The van der Waals surface area contributed by atoms with Gasteiger partial charge < -0.3 is 9.15 Å². The second kappa shape index (κ2) is 7.87. The lowest BCUT2D eigenvalue weighted by molar-refractivity contribution is -0.144. The number of aromatic nitrogens is 3. The monoisotopic (exact) mass is 468 g/mol. The van der Waals surface area contributed by atoms with Crippen molar-refractivity contribution in [2.75, 3.05) is 11.4 Å². The summed E-state index contributed by atoms with van der Waals surface area (Å²) in [6, 6.07) is 3.75. The number of halogens is 1. The Morgan fingerprint density at radius 1 is 1.37 bits per heavy atom. The van der Waals surface area contributed by atoms with Gasteiger partial charge in [-0.05, 0) is 34.5 Å². The molecular weight excluding hydrogens is 456 g/mol. The quantitative estimate of drug-likeness (QED) is 0.510. The van der Waals surface area contributed by atoms with E-state index in [-0.39, 0.29) is 24.8 Å². The average Bonchev–Trinajstić information content (AvgIpc) is 3.40. The zero-order chi connectivity index (χ0) is 18.8. The Bertz CT molecular complexity index is 983. The van der Waals surface area contributed by atoms with E-state index >= 15 is 0 Å². The maximum atomic E-state index is 12.0. The van der Waals surface area contributed by atoms with E-state index < -0.39 is 5.97 Å². The van der Waals surface area contributed by atoms with Gasteiger partial charge >= 0.3 is 5.97 Å². The molecule has 0 atom stereocenters. The average molecular weight is 469 g/mol. The molecule has 0 aliphatic carbocycles. The standard InChI is InChI=1S/C16H13BrN4O4S2/c17-11-4-3-10(27-11)15-20-19-12(25-15)7-24-14(23)6-9-8-26-16(18-9)21-5-1-2-13(21)22/h3-4,8H,1-2,5-7H2. The van der Waals surface area contributed by atoms with E-state index in [9.17, 15) is 9.59 Å². The highest BCUT2D eigenvalue weighted by atomic mass is 79.9. The molecule has 0 bridgehead atoms. The fourth-order valence-electron chi connectivity index (χ4n) is 2.53. The number of carbonyl (C=O) groups excluding carboxylic acids is 2. The van der Waals surface area contributed by atoms with Crippen molar-refractivity contribution in [2.24, 2.45) is 0 Å². The van der Waals surface area contributed by atoms with Gasteiger partial charge in [-0.15, -0.1) is 32.9 Å². The maximum absolute atomic E-state index is 12.0. The summed E-state index contributed by atoms with van der Waals surface area (Å²) >= 11 is 6.20. The Labute approximate surface area is 170 Å². The van der Waals surface area contributed by atoms with Crippen LogP contribution in [0.15, 0.2) is 25.7 Å². The van der Waals surface area contributed by atoms with E-state index in [1.807, 2.05) is 12.1 Å². The third-order valence-electron chi connectivity index (χ3n) is 3.78. The van der Waals surface area contributed by atoms with Crippen LogP contribution in [0.1, 0.15) is 24.4 Å². The Morgan fingerprint density at radius 2 is 2.26 bits per heavy atom. The van der Waals surface area contributed by atoms with Crippen LogP contribution < -0.4 is 4.90 Å². The van der Waals surface area contributed by atoms with Crippen molar-refractivity contribution in [3.63, 3.8) is 0 Å². The Kier molecular flexibility index (Phi) is 5.32. The molecule has 4 rings (SSSR count). The SMILES string of the molecule is O=C(Cc1csc(N2CCCC2=O)n1)OCc1nnc(-c2ccc(Br)s2)o1. The first-order chi connectivity index (χ1) is 13.1. The summed E-state index contributed by atoms with van der Waals surface area (Å²) in [5.74, 6) is 0.238. The van der Waals surface area contributed by atoms with Gasteiger partial charge in [0.2, 0.25) is 5.91 Å². The number of ether oxygens (including phenoxy) is 1. The number of carbonyl (C=O) groups is 2. The molecule has 27 heavy (non-hydrogen) atoms. The number of thiazole rings is 1. The first-order valence-corrected chi connectivity index (χ1v) is 10.6. The smallest absolute Gasteiger partial charge is 0.312 e. The number of rotatable bonds is 6. The van der Waals surface area contributed by atoms with Crippen LogP contribution in [0.3, 0.4) is 0 Å². The van der Waals surface area contributed by atoms with Crippen molar-refractivity contribution < 1.29 is 18.7 Å². The number of nitrogens with zero attached hydrogens (tertiary/aromatic N) is 4. The zero-order valence-corrected chi connectivity index (χ0v) is 17.1. The normalized spacial score (nSPS) is 14.1. The summed E-state index contributed by atoms with van der Waals surface area (Å²) < 4.78 is 11.6. The molecule has 0 unspecified atom stereocenters. The van der Waals surface area contributed by atoms with Gasteiger partial charge in [0.25, 0.3) is 11.8 Å². The van der Waals surface area contributed by atoms with Gasteiger partial charge in [-0.25, -0.2) is 4.98 Å². The third kappa shape index (κ3) is 4.25. The van der Waals surface area contributed by atoms with Crippen molar-refractivity contribution in [1.29, 1.82) is 0 Å². The summed E-state index contributed by atoms with van der Waals surface area (Å²) in [7, 11) is 0. The summed E-state index contributed by atoms with van der Waals surface area (Å²) in [5, 5.41) is 10.2. The van der Waals surface area contributed by atoms with Gasteiger partial charge in [0.05, 0.1) is 20.8 Å². The minimum absolute atomic E-state index is 0.0252. The van der Waals surface area contributed by atoms with Crippen LogP contribution in [0.25, 0.3) is 10.8 Å². The summed E-state index contributed by atoms with van der Waals surface area (Å²) in [6.07, 6.45) is 1.41. The lowest BCUT2D eigenvalue weighted by Gasteiger charge is -2.10. The molecule has 3 aromatic rings. The molecule has 0 aromatic carbocycles. The Hall–Kier alpha value is -2.11. The molecule has 0 radical (unpaired) electrons. The van der Waals surface area contributed by atoms with E-state index in [0.717, 1.165) is 15.1 Å². The number of hydrogen-bond acceptors (Lipinski definition) is 9. The summed E-state index contributed by atoms with van der Waals surface area (Å²) in [4.78, 5) is 30.6. The van der Waals surface area contributed by atoms with Gasteiger partial charge in [0, 0.05) is 18.3 Å². The molecule has 8 nitrogen and oxygen atoms in total. The molecule has 1 aliphatic heterocycles. The van der Waals surface area contributed by atoms with Gasteiger partial charge in [0.15, 0.2) is 11.7 Å². The molecule has 0 saturated carbocycles. The van der Waals surface area contributed by atoms with Crippen molar-refractivity contribution in [3.8, 4) is 10.8 Å². The molecule has 1 fully saturated rings. The lowest BCUT2D eigenvalue weighted by Crippen LogP contribution is -2.23. The first-order valence-electron chi connectivity index (χ1n) is 8.07. The van der Waals surface area contributed by atoms with Crippen molar-refractivity contribution in [2.45, 2.75) is 25.9 Å². The minimum atomic E-state index is -0.446. The predicted molar refractivity (Wildman–Crippen MR) is 103 cm³/mol. The maximum Gasteiger partial charge on any atom is 0.312 e. The number of esters is 1. The van der Waals surface area contributed by atoms with Gasteiger partial charge in [-0.2, -0.15) is 0 Å². The van der Waals surface area contributed by atoms with Crippen LogP contribution in [0, 0.1) is 0 Å². The fourth-order valence-corrected chi connectivity index (χ4v) is 4.71. The third-order valence-corrected chi connectivity index (χ3v) is 6.30. The summed E-state index contributed by atoms with van der Waals surface area (Å²) in [5.41, 5.74) is 0.578. The van der Waals surface area contributed by atoms with Crippen LogP contribution in [0.4, 0.5) is 5.13 Å². The van der Waals surface area contributed by atoms with Crippen LogP contribution in [-0.4, -0.2) is 33.6 Å². The topological polar surface area (TPSA) is 98.4 Å². The van der Waals surface area contributed by atoms with Crippen molar-refractivity contribution in [3.05, 3.63) is 32.9 Å². The molecule has 1 amide bonds. The zero-order valence-electron chi connectivity index (χ0n) is 13.9. The second-order valence-corrected chi connectivity index (χ2v) is 9.01. The molecule has 4 heterocycles. The summed E-state index contributed by atoms with van der Waals surface area (Å²) in [6.45, 7) is 0.580. The number of amides is 1. The molecule has 140 valence electrons. The van der Waals surface area contributed by atoms with Gasteiger partial charge in [-0.1, -0.05) is 0 Å². The van der Waals surface area contributed by atoms with Crippen LogP contribution in [0.5, 0.6) is 0 Å². The van der Waals surface area contributed by atoms with Crippen LogP contribution in [0.2, 0.25) is 0 Å². The van der Waals surface area contributed by atoms with E-state index in [2.05, 4.69) is 31.1 Å². The number of hydrogen-bond donors (Lipinski definition) is 0. The highest BCUT2D eigenvalue weighted by Crippen LogP contribution is 2.30. The Balaban J connectivity index is 1.31. The van der Waals surface area contributed by atoms with Crippen LogP contribution >= 0.6 is 38.6 Å². The van der Waals surface area contributed by atoms with Gasteiger partial charge in [0.1, 0.15) is 0 Å². The highest BCUT2D eigenvalue weighted by Gasteiger charge is 2.24. The van der Waals surface area contributed by atoms with E-state index in [0.29, 0.717) is 29.7 Å². The largest absolute Gasteiger partial charge is 0.455 e. The molecule has 1 aliphatic rings. The van der Waals surface area contributed by atoms with E-state index in [1.54, 1.807) is 10.3 Å². The molecule has 0 N–H and O–H groups in total. The lowest BCUT2D eigenvalue weighted by atomic mass is 10.3. The highest BCUT2D eigenvalue weighted by molar-refractivity contribution is 9.11.